The van der Waals surface area contributed by atoms with Crippen molar-refractivity contribution in [2.45, 2.75) is 38.1 Å². The van der Waals surface area contributed by atoms with E-state index in [2.05, 4.69) is 10.6 Å². The molecule has 2 amide bonds. The minimum Gasteiger partial charge on any atom is -0.358 e. The predicted octanol–water partition coefficient (Wildman–Crippen LogP) is -0.244. The molecule has 0 aromatic carbocycles. The fraction of sp³-hybridized carbons (Fsp3) is 0.818. The van der Waals surface area contributed by atoms with E-state index >= 15 is 0 Å². The van der Waals surface area contributed by atoms with Crippen LogP contribution in [0.4, 0.5) is 0 Å². The number of carbonyl (C=O) groups is 2. The molecule has 1 rings (SSSR count). The molecule has 2 unspecified atom stereocenters. The monoisotopic (exact) mass is 227 g/mol. The van der Waals surface area contributed by atoms with Gasteiger partial charge in [0.2, 0.25) is 11.8 Å². The smallest absolute Gasteiger partial charge is 0.239 e. The Balaban J connectivity index is 2.49. The summed E-state index contributed by atoms with van der Waals surface area (Å²) in [5.74, 6) is -0.470. The molecule has 4 N–H and O–H groups in total. The Morgan fingerprint density at radius 2 is 2.12 bits per heavy atom. The summed E-state index contributed by atoms with van der Waals surface area (Å²) in [6.07, 6.45) is 3.79. The highest BCUT2D eigenvalue weighted by atomic mass is 16.2. The van der Waals surface area contributed by atoms with Gasteiger partial charge in [0.15, 0.2) is 0 Å². The lowest BCUT2D eigenvalue weighted by molar-refractivity contribution is -0.130. The van der Waals surface area contributed by atoms with Gasteiger partial charge in [-0.25, -0.2) is 0 Å². The van der Waals surface area contributed by atoms with E-state index in [0.29, 0.717) is 0 Å². The number of hydrogen-bond acceptors (Lipinski definition) is 3. The molecule has 0 bridgehead atoms. The van der Waals surface area contributed by atoms with Crippen molar-refractivity contribution in [2.24, 2.45) is 11.7 Å². The highest BCUT2D eigenvalue weighted by molar-refractivity contribution is 5.86. The molecule has 1 saturated carbocycles. The van der Waals surface area contributed by atoms with Crippen LogP contribution < -0.4 is 16.4 Å². The third-order valence-electron chi connectivity index (χ3n) is 3.27. The van der Waals surface area contributed by atoms with Crippen molar-refractivity contribution < 1.29 is 9.59 Å². The Morgan fingerprint density at radius 1 is 1.44 bits per heavy atom. The van der Waals surface area contributed by atoms with Crippen molar-refractivity contribution in [3.05, 3.63) is 0 Å². The predicted molar refractivity (Wildman–Crippen MR) is 61.6 cm³/mol. The van der Waals surface area contributed by atoms with E-state index < -0.39 is 5.54 Å². The molecule has 92 valence electrons. The summed E-state index contributed by atoms with van der Waals surface area (Å²) in [5.41, 5.74) is 5.66. The molecule has 1 fully saturated rings. The van der Waals surface area contributed by atoms with Gasteiger partial charge in [0, 0.05) is 12.6 Å². The van der Waals surface area contributed by atoms with Crippen LogP contribution >= 0.6 is 0 Å². The standard InChI is InChI=1S/C11H21N3O2/c1-11(12)6-4-3-5-8(11)10(16)14-7-9(15)13-2/h8H,3-7,12H2,1-2H3,(H,13,15)(H,14,16). The SMILES string of the molecule is CNC(=O)CNC(=O)C1CCCCC1(C)N. The van der Waals surface area contributed by atoms with Gasteiger partial charge < -0.3 is 16.4 Å². The van der Waals surface area contributed by atoms with Crippen molar-refractivity contribution in [1.82, 2.24) is 10.6 Å². The van der Waals surface area contributed by atoms with Crippen molar-refractivity contribution in [3.63, 3.8) is 0 Å². The number of rotatable bonds is 3. The number of carbonyl (C=O) groups excluding carboxylic acids is 2. The molecular weight excluding hydrogens is 206 g/mol. The highest BCUT2D eigenvalue weighted by Gasteiger charge is 2.37. The lowest BCUT2D eigenvalue weighted by Gasteiger charge is -2.37. The lowest BCUT2D eigenvalue weighted by Crippen LogP contribution is -2.53. The van der Waals surface area contributed by atoms with Gasteiger partial charge in [-0.05, 0) is 19.8 Å². The highest BCUT2D eigenvalue weighted by Crippen LogP contribution is 2.31. The summed E-state index contributed by atoms with van der Waals surface area (Å²) in [4.78, 5) is 22.9. The largest absolute Gasteiger partial charge is 0.358 e. The van der Waals surface area contributed by atoms with Gasteiger partial charge in [0.25, 0.3) is 0 Å². The van der Waals surface area contributed by atoms with Crippen molar-refractivity contribution in [1.29, 1.82) is 0 Å². The van der Waals surface area contributed by atoms with Gasteiger partial charge >= 0.3 is 0 Å². The molecule has 0 spiro atoms. The molecule has 0 saturated heterocycles. The van der Waals surface area contributed by atoms with E-state index in [1.807, 2.05) is 6.92 Å². The number of nitrogens with one attached hydrogen (secondary N) is 2. The molecule has 0 aliphatic heterocycles. The molecular formula is C11H21N3O2. The molecule has 5 heteroatoms. The second-order valence-electron chi connectivity index (χ2n) is 4.70. The topological polar surface area (TPSA) is 84.2 Å². The van der Waals surface area contributed by atoms with E-state index in [4.69, 9.17) is 5.73 Å². The Bertz CT molecular complexity index is 276. The van der Waals surface area contributed by atoms with Crippen LogP contribution in [0.3, 0.4) is 0 Å². The van der Waals surface area contributed by atoms with Gasteiger partial charge in [-0.1, -0.05) is 12.8 Å². The minimum atomic E-state index is -0.439. The van der Waals surface area contributed by atoms with Gasteiger partial charge in [-0.3, -0.25) is 9.59 Å². The maximum absolute atomic E-state index is 11.9. The van der Waals surface area contributed by atoms with Crippen molar-refractivity contribution >= 4 is 11.8 Å². The van der Waals surface area contributed by atoms with Crippen molar-refractivity contribution in [3.8, 4) is 0 Å². The fourth-order valence-electron chi connectivity index (χ4n) is 2.17. The maximum atomic E-state index is 11.9. The Labute approximate surface area is 96.1 Å². The van der Waals surface area contributed by atoms with Gasteiger partial charge in [-0.15, -0.1) is 0 Å². The number of likely N-dealkylation sites (N-methyl/N-ethyl adjacent to an activating group) is 1. The van der Waals surface area contributed by atoms with E-state index in [1.54, 1.807) is 7.05 Å². The van der Waals surface area contributed by atoms with Crippen molar-refractivity contribution in [2.75, 3.05) is 13.6 Å². The van der Waals surface area contributed by atoms with Crippen LogP contribution in [0, 0.1) is 5.92 Å². The summed E-state index contributed by atoms with van der Waals surface area (Å²) in [6, 6.07) is 0. The molecule has 0 heterocycles. The maximum Gasteiger partial charge on any atom is 0.239 e. The van der Waals surface area contributed by atoms with Gasteiger partial charge in [-0.2, -0.15) is 0 Å². The Morgan fingerprint density at radius 3 is 2.69 bits per heavy atom. The molecule has 16 heavy (non-hydrogen) atoms. The van der Waals surface area contributed by atoms with Gasteiger partial charge in [0.05, 0.1) is 12.5 Å². The van der Waals surface area contributed by atoms with Crippen LogP contribution in [0.5, 0.6) is 0 Å². The minimum absolute atomic E-state index is 0.0297. The summed E-state index contributed by atoms with van der Waals surface area (Å²) in [5, 5.41) is 5.09. The third kappa shape index (κ3) is 3.20. The van der Waals surface area contributed by atoms with E-state index in [1.165, 1.54) is 0 Å². The Kier molecular flexibility index (Phi) is 4.29. The quantitative estimate of drug-likeness (QED) is 0.622. The number of nitrogens with two attached hydrogens (primary N) is 1. The first-order valence-corrected chi connectivity index (χ1v) is 5.74. The second-order valence-corrected chi connectivity index (χ2v) is 4.70. The average Bonchev–Trinajstić information content (AvgIpc) is 2.24. The molecule has 1 aliphatic rings. The summed E-state index contributed by atoms with van der Waals surface area (Å²) in [6.45, 7) is 1.94. The van der Waals surface area contributed by atoms with Crippen LogP contribution in [0.15, 0.2) is 0 Å². The van der Waals surface area contributed by atoms with Crippen LogP contribution in [-0.2, 0) is 9.59 Å². The first kappa shape index (κ1) is 13.0. The summed E-state index contributed by atoms with van der Waals surface area (Å²) < 4.78 is 0. The van der Waals surface area contributed by atoms with Crippen LogP contribution in [0.1, 0.15) is 32.6 Å². The zero-order chi connectivity index (χ0) is 12.2. The van der Waals surface area contributed by atoms with E-state index in [9.17, 15) is 9.59 Å². The molecule has 2 atom stereocenters. The molecule has 0 aromatic rings. The fourth-order valence-corrected chi connectivity index (χ4v) is 2.17. The zero-order valence-electron chi connectivity index (χ0n) is 10.0. The van der Waals surface area contributed by atoms with Crippen LogP contribution in [0.2, 0.25) is 0 Å². The summed E-state index contributed by atoms with van der Waals surface area (Å²) >= 11 is 0. The lowest BCUT2D eigenvalue weighted by atomic mass is 9.74. The number of amides is 2. The third-order valence-corrected chi connectivity index (χ3v) is 3.27. The second kappa shape index (κ2) is 5.30. The Hall–Kier alpha value is -1.10. The first-order chi connectivity index (χ1) is 7.47. The zero-order valence-corrected chi connectivity index (χ0v) is 10.0. The molecule has 1 aliphatic carbocycles. The van der Waals surface area contributed by atoms with Crippen LogP contribution in [0.25, 0.3) is 0 Å². The van der Waals surface area contributed by atoms with Crippen LogP contribution in [-0.4, -0.2) is 30.9 Å². The molecule has 5 nitrogen and oxygen atoms in total. The summed E-state index contributed by atoms with van der Waals surface area (Å²) in [7, 11) is 1.54. The first-order valence-electron chi connectivity index (χ1n) is 5.74. The average molecular weight is 227 g/mol. The van der Waals surface area contributed by atoms with E-state index in [0.717, 1.165) is 25.7 Å². The van der Waals surface area contributed by atoms with E-state index in [-0.39, 0.29) is 24.3 Å². The number of hydrogen-bond donors (Lipinski definition) is 3. The normalized spacial score (nSPS) is 29.6. The van der Waals surface area contributed by atoms with Gasteiger partial charge in [0.1, 0.15) is 0 Å². The molecule has 0 aromatic heterocycles. The molecule has 0 radical (unpaired) electrons.